The molecule has 108 valence electrons. The van der Waals surface area contributed by atoms with E-state index in [4.69, 9.17) is 5.73 Å². The predicted molar refractivity (Wildman–Crippen MR) is 80.9 cm³/mol. The van der Waals surface area contributed by atoms with Gasteiger partial charge in [-0.25, -0.2) is 4.39 Å². The van der Waals surface area contributed by atoms with Crippen molar-refractivity contribution in [2.24, 2.45) is 17.6 Å². The van der Waals surface area contributed by atoms with E-state index >= 15 is 0 Å². The maximum Gasteiger partial charge on any atom is 0.146 e. The van der Waals surface area contributed by atoms with Crippen LogP contribution in [0.15, 0.2) is 18.2 Å². The molecule has 0 aliphatic rings. The number of halogens is 1. The Morgan fingerprint density at radius 3 is 1.95 bits per heavy atom. The van der Waals surface area contributed by atoms with E-state index in [0.29, 0.717) is 17.5 Å². The van der Waals surface area contributed by atoms with Crippen LogP contribution in [0.2, 0.25) is 0 Å². The van der Waals surface area contributed by atoms with E-state index < -0.39 is 0 Å². The molecule has 19 heavy (non-hydrogen) atoms. The number of nitrogens with two attached hydrogens (primary N) is 1. The minimum absolute atomic E-state index is 0.132. The van der Waals surface area contributed by atoms with Crippen molar-refractivity contribution in [2.75, 3.05) is 18.0 Å². The van der Waals surface area contributed by atoms with Crippen molar-refractivity contribution in [3.8, 4) is 0 Å². The number of nitrogens with zero attached hydrogens (tertiary/aromatic N) is 1. The molecule has 1 atom stereocenters. The van der Waals surface area contributed by atoms with Gasteiger partial charge < -0.3 is 10.6 Å². The summed E-state index contributed by atoms with van der Waals surface area (Å²) in [6.07, 6.45) is 0. The molecule has 0 aliphatic carbocycles. The molecule has 0 aliphatic heterocycles. The van der Waals surface area contributed by atoms with Crippen LogP contribution in [0.4, 0.5) is 10.1 Å². The van der Waals surface area contributed by atoms with Crippen LogP contribution in [0.5, 0.6) is 0 Å². The van der Waals surface area contributed by atoms with Crippen LogP contribution in [-0.4, -0.2) is 13.1 Å². The van der Waals surface area contributed by atoms with Crippen LogP contribution in [0.1, 0.15) is 46.2 Å². The van der Waals surface area contributed by atoms with Crippen molar-refractivity contribution in [1.29, 1.82) is 0 Å². The van der Waals surface area contributed by atoms with Crippen molar-refractivity contribution in [3.63, 3.8) is 0 Å². The van der Waals surface area contributed by atoms with Gasteiger partial charge in [-0.3, -0.25) is 0 Å². The maximum absolute atomic E-state index is 14.3. The van der Waals surface area contributed by atoms with Crippen molar-refractivity contribution >= 4 is 5.69 Å². The van der Waals surface area contributed by atoms with Gasteiger partial charge in [-0.05, 0) is 36.5 Å². The summed E-state index contributed by atoms with van der Waals surface area (Å²) in [6, 6.07) is 5.22. The first-order valence-electron chi connectivity index (χ1n) is 7.11. The Bertz CT molecular complexity index is 390. The first-order valence-corrected chi connectivity index (χ1v) is 7.11. The van der Waals surface area contributed by atoms with E-state index in [0.717, 1.165) is 18.7 Å². The molecule has 0 unspecified atom stereocenters. The van der Waals surface area contributed by atoms with Gasteiger partial charge in [-0.2, -0.15) is 0 Å². The molecule has 0 spiro atoms. The fraction of sp³-hybridized carbons (Fsp3) is 0.625. The minimum atomic E-state index is -0.170. The molecule has 0 bridgehead atoms. The van der Waals surface area contributed by atoms with Crippen molar-refractivity contribution in [3.05, 3.63) is 29.6 Å². The van der Waals surface area contributed by atoms with E-state index in [9.17, 15) is 4.39 Å². The summed E-state index contributed by atoms with van der Waals surface area (Å²) in [6.45, 7) is 12.2. The van der Waals surface area contributed by atoms with E-state index in [-0.39, 0.29) is 11.9 Å². The van der Waals surface area contributed by atoms with Crippen molar-refractivity contribution in [2.45, 2.75) is 40.7 Å². The lowest BCUT2D eigenvalue weighted by molar-refractivity contribution is 0.537. The second-order valence-corrected chi connectivity index (χ2v) is 6.19. The lowest BCUT2D eigenvalue weighted by Gasteiger charge is -2.29. The average Bonchev–Trinajstić information content (AvgIpc) is 2.26. The number of hydrogen-bond acceptors (Lipinski definition) is 2. The van der Waals surface area contributed by atoms with Crippen LogP contribution in [0.3, 0.4) is 0 Å². The van der Waals surface area contributed by atoms with E-state index in [1.165, 1.54) is 0 Å². The summed E-state index contributed by atoms with van der Waals surface area (Å²) in [5.74, 6) is 0.841. The minimum Gasteiger partial charge on any atom is -0.369 e. The van der Waals surface area contributed by atoms with Gasteiger partial charge in [0.25, 0.3) is 0 Å². The highest BCUT2D eigenvalue weighted by atomic mass is 19.1. The van der Waals surface area contributed by atoms with E-state index in [1.807, 2.05) is 19.1 Å². The van der Waals surface area contributed by atoms with Gasteiger partial charge in [-0.1, -0.05) is 33.8 Å². The summed E-state index contributed by atoms with van der Waals surface area (Å²) in [5, 5.41) is 0. The fourth-order valence-corrected chi connectivity index (χ4v) is 2.22. The van der Waals surface area contributed by atoms with Crippen LogP contribution < -0.4 is 10.6 Å². The Morgan fingerprint density at radius 2 is 1.58 bits per heavy atom. The second kappa shape index (κ2) is 6.90. The lowest BCUT2D eigenvalue weighted by Crippen LogP contribution is -2.32. The first-order chi connectivity index (χ1) is 8.81. The number of hydrogen-bond donors (Lipinski definition) is 1. The Kier molecular flexibility index (Phi) is 5.80. The summed E-state index contributed by atoms with van der Waals surface area (Å²) < 4.78 is 14.3. The highest BCUT2D eigenvalue weighted by molar-refractivity contribution is 5.49. The van der Waals surface area contributed by atoms with Gasteiger partial charge in [-0.15, -0.1) is 0 Å². The SMILES string of the molecule is CC(C)CN(CC(C)C)c1ccc([C@H](C)N)cc1F. The predicted octanol–water partition coefficient (Wildman–Crippen LogP) is 3.96. The zero-order valence-electron chi connectivity index (χ0n) is 12.8. The molecule has 2 nitrogen and oxygen atoms in total. The second-order valence-electron chi connectivity index (χ2n) is 6.19. The number of benzene rings is 1. The largest absolute Gasteiger partial charge is 0.369 e. The van der Waals surface area contributed by atoms with E-state index in [1.54, 1.807) is 6.07 Å². The summed E-state index contributed by atoms with van der Waals surface area (Å²) >= 11 is 0. The smallest absolute Gasteiger partial charge is 0.146 e. The summed E-state index contributed by atoms with van der Waals surface area (Å²) in [7, 11) is 0. The van der Waals surface area contributed by atoms with Gasteiger partial charge in [0.15, 0.2) is 0 Å². The molecule has 2 N–H and O–H groups in total. The highest BCUT2D eigenvalue weighted by Crippen LogP contribution is 2.24. The Labute approximate surface area is 116 Å². The number of rotatable bonds is 6. The quantitative estimate of drug-likeness (QED) is 0.844. The Hall–Kier alpha value is -1.09. The molecule has 0 radical (unpaired) electrons. The zero-order chi connectivity index (χ0) is 14.6. The average molecular weight is 266 g/mol. The molecule has 0 aromatic heterocycles. The first kappa shape index (κ1) is 16.0. The third kappa shape index (κ3) is 4.83. The highest BCUT2D eigenvalue weighted by Gasteiger charge is 2.15. The molecule has 0 fully saturated rings. The van der Waals surface area contributed by atoms with Crippen LogP contribution >= 0.6 is 0 Å². The van der Waals surface area contributed by atoms with Gasteiger partial charge in [0.05, 0.1) is 5.69 Å². The normalized spacial score (nSPS) is 13.1. The van der Waals surface area contributed by atoms with E-state index in [2.05, 4.69) is 32.6 Å². The number of anilines is 1. The fourth-order valence-electron chi connectivity index (χ4n) is 2.22. The molecule has 1 rings (SSSR count). The van der Waals surface area contributed by atoms with Gasteiger partial charge in [0, 0.05) is 19.1 Å². The lowest BCUT2D eigenvalue weighted by atomic mass is 10.1. The molecular weight excluding hydrogens is 239 g/mol. The summed E-state index contributed by atoms with van der Waals surface area (Å²) in [4.78, 5) is 2.13. The van der Waals surface area contributed by atoms with Crippen molar-refractivity contribution < 1.29 is 4.39 Å². The molecule has 0 amide bonds. The maximum atomic E-state index is 14.3. The van der Waals surface area contributed by atoms with Crippen LogP contribution in [0.25, 0.3) is 0 Å². The zero-order valence-corrected chi connectivity index (χ0v) is 12.8. The van der Waals surface area contributed by atoms with Gasteiger partial charge in [0.2, 0.25) is 0 Å². The Balaban J connectivity index is 3.01. The molecule has 0 heterocycles. The molecule has 3 heteroatoms. The third-order valence-corrected chi connectivity index (χ3v) is 3.01. The molecular formula is C16H27FN2. The van der Waals surface area contributed by atoms with Crippen molar-refractivity contribution in [1.82, 2.24) is 0 Å². The third-order valence-electron chi connectivity index (χ3n) is 3.01. The standard InChI is InChI=1S/C16H27FN2/c1-11(2)9-19(10-12(3)4)16-7-6-14(13(5)18)8-15(16)17/h6-8,11-13H,9-10,18H2,1-5H3/t13-/m0/s1. The Morgan fingerprint density at radius 1 is 1.05 bits per heavy atom. The molecule has 0 saturated carbocycles. The topological polar surface area (TPSA) is 29.3 Å². The van der Waals surface area contributed by atoms with Crippen LogP contribution in [-0.2, 0) is 0 Å². The summed E-state index contributed by atoms with van der Waals surface area (Å²) in [5.41, 5.74) is 7.32. The molecule has 0 saturated heterocycles. The van der Waals surface area contributed by atoms with Crippen LogP contribution in [0, 0.1) is 17.7 Å². The molecule has 1 aromatic rings. The monoisotopic (exact) mass is 266 g/mol. The van der Waals surface area contributed by atoms with Gasteiger partial charge >= 0.3 is 0 Å². The van der Waals surface area contributed by atoms with Gasteiger partial charge in [0.1, 0.15) is 5.82 Å². The molecule has 1 aromatic carbocycles.